The summed E-state index contributed by atoms with van der Waals surface area (Å²) in [5.74, 6) is -0.450. The Morgan fingerprint density at radius 1 is 1.40 bits per heavy atom. The van der Waals surface area contributed by atoms with Crippen LogP contribution < -0.4 is 5.32 Å². The number of carbonyl (C=O) groups is 1. The van der Waals surface area contributed by atoms with Crippen LogP contribution in [0, 0.1) is 6.92 Å². The summed E-state index contributed by atoms with van der Waals surface area (Å²) in [4.78, 5) is 12.1. The fraction of sp³-hybridized carbons (Fsp3) is 0.500. The lowest BCUT2D eigenvalue weighted by Gasteiger charge is -2.14. The molecule has 6 nitrogen and oxygen atoms in total. The first kappa shape index (κ1) is 19.6. The van der Waals surface area contributed by atoms with Crippen LogP contribution >= 0.6 is 23.2 Å². The van der Waals surface area contributed by atoms with E-state index < -0.39 is 28.8 Å². The van der Waals surface area contributed by atoms with Gasteiger partial charge in [0.15, 0.2) is 5.69 Å². The minimum atomic E-state index is -4.67. The number of aromatic nitrogens is 4. The third-order valence-corrected chi connectivity index (χ3v) is 4.20. The van der Waals surface area contributed by atoms with Gasteiger partial charge in [0.25, 0.3) is 0 Å². The Hall–Kier alpha value is -1.74. The lowest BCUT2D eigenvalue weighted by molar-refractivity contribution is -0.141. The third kappa shape index (κ3) is 4.66. The van der Waals surface area contributed by atoms with E-state index >= 15 is 0 Å². The predicted octanol–water partition coefficient (Wildman–Crippen LogP) is 3.48. The number of alkyl halides is 3. The molecule has 1 unspecified atom stereocenters. The zero-order valence-electron chi connectivity index (χ0n) is 13.4. The summed E-state index contributed by atoms with van der Waals surface area (Å²) in [5, 5.41) is 10.1. The summed E-state index contributed by atoms with van der Waals surface area (Å²) in [6, 6.07) is -0.923. The second-order valence-electron chi connectivity index (χ2n) is 5.43. The highest BCUT2D eigenvalue weighted by molar-refractivity contribution is 6.32. The summed E-state index contributed by atoms with van der Waals surface area (Å²) in [5.41, 5.74) is -1.11. The zero-order valence-corrected chi connectivity index (χ0v) is 15.0. The van der Waals surface area contributed by atoms with E-state index in [9.17, 15) is 18.0 Å². The lowest BCUT2D eigenvalue weighted by atomic mass is 10.3. The van der Waals surface area contributed by atoms with Crippen molar-refractivity contribution in [3.63, 3.8) is 0 Å². The number of rotatable bonds is 6. The van der Waals surface area contributed by atoms with Crippen LogP contribution in [0.1, 0.15) is 30.8 Å². The number of carbonyl (C=O) groups excluding carboxylic acids is 1. The Morgan fingerprint density at radius 2 is 2.08 bits per heavy atom. The molecular formula is C14H16Cl2F3N5O. The second kappa shape index (κ2) is 7.65. The first-order chi connectivity index (χ1) is 11.6. The van der Waals surface area contributed by atoms with Crippen molar-refractivity contribution in [2.75, 3.05) is 6.54 Å². The van der Waals surface area contributed by atoms with Crippen LogP contribution in [0.5, 0.6) is 0 Å². The summed E-state index contributed by atoms with van der Waals surface area (Å²) in [7, 11) is 0. The third-order valence-electron chi connectivity index (χ3n) is 3.56. The number of halogens is 5. The molecule has 0 aliphatic heterocycles. The van der Waals surface area contributed by atoms with Crippen molar-refractivity contribution in [1.82, 2.24) is 24.9 Å². The maximum atomic E-state index is 12.8. The van der Waals surface area contributed by atoms with Gasteiger partial charge in [0, 0.05) is 19.3 Å². The summed E-state index contributed by atoms with van der Waals surface area (Å²) in [6.07, 6.45) is -0.929. The number of hydrogen-bond donors (Lipinski definition) is 1. The maximum absolute atomic E-state index is 12.8. The fourth-order valence-electron chi connectivity index (χ4n) is 2.23. The minimum Gasteiger partial charge on any atom is -0.354 e. The van der Waals surface area contributed by atoms with Crippen LogP contribution in [0.4, 0.5) is 13.2 Å². The Bertz CT molecular complexity index is 756. The van der Waals surface area contributed by atoms with Crippen LogP contribution in [-0.4, -0.2) is 32.0 Å². The van der Waals surface area contributed by atoms with Crippen molar-refractivity contribution in [3.8, 4) is 0 Å². The van der Waals surface area contributed by atoms with Gasteiger partial charge in [-0.25, -0.2) is 0 Å². The molecule has 1 amide bonds. The summed E-state index contributed by atoms with van der Waals surface area (Å²) in [6.45, 7) is 3.72. The summed E-state index contributed by atoms with van der Waals surface area (Å²) >= 11 is 11.4. The zero-order chi connectivity index (χ0) is 18.8. The van der Waals surface area contributed by atoms with Gasteiger partial charge in [-0.05, 0) is 20.3 Å². The quantitative estimate of drug-likeness (QED) is 0.758. The molecule has 0 radical (unpaired) electrons. The molecule has 1 N–H and O–H groups in total. The molecule has 0 spiro atoms. The maximum Gasteiger partial charge on any atom is 0.436 e. The highest BCUT2D eigenvalue weighted by Crippen LogP contribution is 2.36. The molecule has 2 heterocycles. The molecule has 25 heavy (non-hydrogen) atoms. The lowest BCUT2D eigenvalue weighted by Crippen LogP contribution is -2.33. The minimum absolute atomic E-state index is 0.0859. The smallest absolute Gasteiger partial charge is 0.354 e. The predicted molar refractivity (Wildman–Crippen MR) is 86.6 cm³/mol. The molecular weight excluding hydrogens is 382 g/mol. The van der Waals surface area contributed by atoms with E-state index in [4.69, 9.17) is 23.2 Å². The Morgan fingerprint density at radius 3 is 2.60 bits per heavy atom. The first-order valence-corrected chi connectivity index (χ1v) is 8.14. The molecule has 138 valence electrons. The summed E-state index contributed by atoms with van der Waals surface area (Å²) < 4.78 is 41.1. The van der Waals surface area contributed by atoms with E-state index in [0.717, 1.165) is 4.68 Å². The van der Waals surface area contributed by atoms with Gasteiger partial charge in [0.1, 0.15) is 6.04 Å². The highest BCUT2D eigenvalue weighted by Gasteiger charge is 2.39. The van der Waals surface area contributed by atoms with E-state index in [1.54, 1.807) is 10.9 Å². The monoisotopic (exact) mass is 397 g/mol. The average molecular weight is 398 g/mol. The van der Waals surface area contributed by atoms with Crippen LogP contribution in [0.2, 0.25) is 10.0 Å². The van der Waals surface area contributed by atoms with Crippen LogP contribution in [0.25, 0.3) is 0 Å². The number of nitrogens with one attached hydrogen (secondary N) is 1. The highest BCUT2D eigenvalue weighted by atomic mass is 35.5. The number of aryl methyl sites for hydroxylation is 1. The van der Waals surface area contributed by atoms with Crippen molar-refractivity contribution in [3.05, 3.63) is 33.8 Å². The van der Waals surface area contributed by atoms with Crippen molar-refractivity contribution in [2.24, 2.45) is 0 Å². The molecule has 2 aromatic heterocycles. The molecule has 0 saturated carbocycles. The fourth-order valence-corrected chi connectivity index (χ4v) is 2.62. The number of hydrogen-bond acceptors (Lipinski definition) is 3. The van der Waals surface area contributed by atoms with Gasteiger partial charge in [-0.1, -0.05) is 23.2 Å². The Labute approximate surface area is 151 Å². The van der Waals surface area contributed by atoms with E-state index in [0.29, 0.717) is 24.5 Å². The first-order valence-electron chi connectivity index (χ1n) is 7.38. The standard InChI is InChI=1S/C14H16Cl2F3N5O/c1-8-11(16)12(14(17,18)19)22-24(8)9(2)13(25)20-4-3-5-23-7-10(15)6-21-23/h6-7,9H,3-5H2,1-2H3,(H,20,25). The Kier molecular flexibility index (Phi) is 5.99. The molecule has 0 aliphatic rings. The van der Waals surface area contributed by atoms with E-state index in [1.165, 1.54) is 20.0 Å². The van der Waals surface area contributed by atoms with Crippen molar-refractivity contribution >= 4 is 29.1 Å². The van der Waals surface area contributed by atoms with E-state index in [2.05, 4.69) is 15.5 Å². The van der Waals surface area contributed by atoms with Crippen LogP contribution in [0.15, 0.2) is 12.4 Å². The van der Waals surface area contributed by atoms with Gasteiger partial charge < -0.3 is 5.32 Å². The van der Waals surface area contributed by atoms with Gasteiger partial charge in [-0.15, -0.1) is 0 Å². The molecule has 2 aromatic rings. The van der Waals surface area contributed by atoms with Crippen molar-refractivity contribution in [2.45, 2.75) is 39.0 Å². The molecule has 0 aromatic carbocycles. The van der Waals surface area contributed by atoms with Crippen molar-refractivity contribution < 1.29 is 18.0 Å². The molecule has 0 bridgehead atoms. The molecule has 1 atom stereocenters. The van der Waals surface area contributed by atoms with Gasteiger partial charge >= 0.3 is 6.18 Å². The van der Waals surface area contributed by atoms with E-state index in [1.807, 2.05) is 0 Å². The SMILES string of the molecule is Cc1c(Cl)c(C(F)(F)F)nn1C(C)C(=O)NCCCn1cc(Cl)cn1. The van der Waals surface area contributed by atoms with Gasteiger partial charge in [-0.3, -0.25) is 14.2 Å². The molecule has 11 heteroatoms. The molecule has 0 saturated heterocycles. The second-order valence-corrected chi connectivity index (χ2v) is 6.25. The van der Waals surface area contributed by atoms with Gasteiger partial charge in [0.2, 0.25) is 5.91 Å². The molecule has 0 aliphatic carbocycles. The normalized spacial score (nSPS) is 13.1. The Balaban J connectivity index is 1.93. The molecule has 0 fully saturated rings. The largest absolute Gasteiger partial charge is 0.436 e. The number of nitrogens with zero attached hydrogens (tertiary/aromatic N) is 4. The van der Waals surface area contributed by atoms with Crippen molar-refractivity contribution in [1.29, 1.82) is 0 Å². The molecule has 2 rings (SSSR count). The van der Waals surface area contributed by atoms with Gasteiger partial charge in [-0.2, -0.15) is 23.4 Å². The van der Waals surface area contributed by atoms with Gasteiger partial charge in [0.05, 0.1) is 21.9 Å². The number of amides is 1. The van der Waals surface area contributed by atoms with Crippen LogP contribution in [0.3, 0.4) is 0 Å². The van der Waals surface area contributed by atoms with Crippen LogP contribution in [-0.2, 0) is 17.5 Å². The van der Waals surface area contributed by atoms with E-state index in [-0.39, 0.29) is 5.69 Å². The topological polar surface area (TPSA) is 64.7 Å². The average Bonchev–Trinajstić information content (AvgIpc) is 3.07.